The summed E-state index contributed by atoms with van der Waals surface area (Å²) in [7, 11) is 0. The van der Waals surface area contributed by atoms with Crippen molar-refractivity contribution in [3.63, 3.8) is 0 Å². The number of rotatable bonds is 6. The van der Waals surface area contributed by atoms with Crippen molar-refractivity contribution in [3.8, 4) is 11.5 Å². The van der Waals surface area contributed by atoms with Crippen LogP contribution in [0.15, 0.2) is 35.5 Å². The Balaban J connectivity index is 1.73. The Kier molecular flexibility index (Phi) is 6.19. The molecular formula is C23H30N2O4. The van der Waals surface area contributed by atoms with Gasteiger partial charge in [-0.2, -0.15) is 5.10 Å². The van der Waals surface area contributed by atoms with E-state index in [1.807, 2.05) is 32.0 Å². The molecule has 3 aliphatic rings. The number of benzene rings is 1. The monoisotopic (exact) mass is 398 g/mol. The predicted molar refractivity (Wildman–Crippen MR) is 111 cm³/mol. The molecule has 156 valence electrons. The van der Waals surface area contributed by atoms with Gasteiger partial charge in [0.2, 0.25) is 5.91 Å². The number of ether oxygens (including phenoxy) is 3. The van der Waals surface area contributed by atoms with Crippen molar-refractivity contribution in [1.29, 1.82) is 0 Å². The molecule has 2 heterocycles. The molecule has 1 amide bonds. The molecule has 1 aromatic carbocycles. The Morgan fingerprint density at radius 1 is 1.03 bits per heavy atom. The number of carbonyl (C=O) groups excluding carboxylic acids is 1. The smallest absolute Gasteiger partial charge is 0.247 e. The van der Waals surface area contributed by atoms with Crippen LogP contribution < -0.4 is 9.47 Å². The maximum Gasteiger partial charge on any atom is 0.247 e. The van der Waals surface area contributed by atoms with E-state index >= 15 is 0 Å². The molecule has 0 aromatic heterocycles. The molecule has 6 nitrogen and oxygen atoms in total. The van der Waals surface area contributed by atoms with E-state index in [1.54, 1.807) is 5.01 Å². The summed E-state index contributed by atoms with van der Waals surface area (Å²) in [6.07, 6.45) is 7.60. The number of amides is 1. The minimum Gasteiger partial charge on any atom is -0.490 e. The van der Waals surface area contributed by atoms with Gasteiger partial charge in [-0.15, -0.1) is 0 Å². The van der Waals surface area contributed by atoms with Crippen molar-refractivity contribution < 1.29 is 19.0 Å². The summed E-state index contributed by atoms with van der Waals surface area (Å²) in [5, 5.41) is 6.69. The Morgan fingerprint density at radius 2 is 1.72 bits per heavy atom. The van der Waals surface area contributed by atoms with Gasteiger partial charge in [0, 0.05) is 24.7 Å². The number of hydrogen-bond acceptors (Lipinski definition) is 5. The Labute approximate surface area is 172 Å². The molecule has 6 heteroatoms. The fourth-order valence-electron chi connectivity index (χ4n) is 4.47. The summed E-state index contributed by atoms with van der Waals surface area (Å²) in [4.78, 5) is 13.2. The van der Waals surface area contributed by atoms with Gasteiger partial charge in [-0.05, 0) is 57.7 Å². The van der Waals surface area contributed by atoms with Crippen LogP contribution in [0.1, 0.15) is 45.1 Å². The molecule has 0 spiro atoms. The lowest BCUT2D eigenvalue weighted by Crippen LogP contribution is -2.50. The third-order valence-corrected chi connectivity index (χ3v) is 5.92. The van der Waals surface area contributed by atoms with E-state index < -0.39 is 0 Å². The van der Waals surface area contributed by atoms with E-state index in [1.165, 1.54) is 0 Å². The zero-order valence-corrected chi connectivity index (χ0v) is 17.3. The molecule has 2 unspecified atom stereocenters. The van der Waals surface area contributed by atoms with Gasteiger partial charge in [0.25, 0.3) is 0 Å². The van der Waals surface area contributed by atoms with E-state index in [4.69, 9.17) is 19.3 Å². The molecule has 1 aromatic rings. The molecule has 2 atom stereocenters. The fraction of sp³-hybridized carbons (Fsp3) is 0.565. The summed E-state index contributed by atoms with van der Waals surface area (Å²) in [5.41, 5.74) is 1.99. The normalized spacial score (nSPS) is 24.8. The van der Waals surface area contributed by atoms with E-state index in [9.17, 15) is 4.79 Å². The van der Waals surface area contributed by atoms with E-state index in [-0.39, 0.29) is 23.8 Å². The zero-order valence-electron chi connectivity index (χ0n) is 17.3. The number of carbonyl (C=O) groups is 1. The highest BCUT2D eigenvalue weighted by Crippen LogP contribution is 2.38. The second kappa shape index (κ2) is 8.99. The Hall–Kier alpha value is -2.34. The molecule has 1 aliphatic carbocycles. The molecule has 2 aliphatic heterocycles. The average Bonchev–Trinajstić information content (AvgIpc) is 2.76. The van der Waals surface area contributed by atoms with Crippen LogP contribution in [0.5, 0.6) is 11.5 Å². The molecule has 0 N–H and O–H groups in total. The first-order valence-electron chi connectivity index (χ1n) is 10.8. The summed E-state index contributed by atoms with van der Waals surface area (Å²) < 4.78 is 17.0. The lowest BCUT2D eigenvalue weighted by Gasteiger charge is -2.41. The second-order valence-corrected chi connectivity index (χ2v) is 7.69. The van der Waals surface area contributed by atoms with Crippen LogP contribution in [0.4, 0.5) is 0 Å². The summed E-state index contributed by atoms with van der Waals surface area (Å²) in [5.74, 6) is 1.69. The van der Waals surface area contributed by atoms with Crippen molar-refractivity contribution in [2.75, 3.05) is 26.4 Å². The Bertz CT molecular complexity index is 798. The Morgan fingerprint density at radius 3 is 2.45 bits per heavy atom. The lowest BCUT2D eigenvalue weighted by atomic mass is 9.76. The van der Waals surface area contributed by atoms with E-state index in [0.29, 0.717) is 26.4 Å². The van der Waals surface area contributed by atoms with Crippen molar-refractivity contribution in [2.24, 2.45) is 16.9 Å². The minimum absolute atomic E-state index is 0.0440. The largest absolute Gasteiger partial charge is 0.490 e. The highest BCUT2D eigenvalue weighted by Gasteiger charge is 2.42. The molecule has 0 saturated carbocycles. The third kappa shape index (κ3) is 4.04. The van der Waals surface area contributed by atoms with E-state index in [2.05, 4.69) is 12.2 Å². The first kappa shape index (κ1) is 20.0. The topological polar surface area (TPSA) is 60.4 Å². The molecule has 0 bridgehead atoms. The van der Waals surface area contributed by atoms with E-state index in [0.717, 1.165) is 48.5 Å². The van der Waals surface area contributed by atoms with Crippen LogP contribution in [-0.4, -0.2) is 49.1 Å². The van der Waals surface area contributed by atoms with Gasteiger partial charge in [-0.3, -0.25) is 4.79 Å². The van der Waals surface area contributed by atoms with Crippen molar-refractivity contribution in [2.45, 2.75) is 45.6 Å². The average molecular weight is 399 g/mol. The third-order valence-electron chi connectivity index (χ3n) is 5.92. The van der Waals surface area contributed by atoms with Crippen LogP contribution in [0.2, 0.25) is 0 Å². The predicted octanol–water partition coefficient (Wildman–Crippen LogP) is 3.79. The van der Waals surface area contributed by atoms with Crippen LogP contribution in [0.25, 0.3) is 0 Å². The van der Waals surface area contributed by atoms with Gasteiger partial charge in [0.05, 0.1) is 30.9 Å². The van der Waals surface area contributed by atoms with Crippen molar-refractivity contribution >= 4 is 11.6 Å². The number of nitrogens with zero attached hydrogens (tertiary/aromatic N) is 2. The molecular weight excluding hydrogens is 368 g/mol. The van der Waals surface area contributed by atoms with Gasteiger partial charge in [-0.25, -0.2) is 5.01 Å². The van der Waals surface area contributed by atoms with Gasteiger partial charge < -0.3 is 14.2 Å². The van der Waals surface area contributed by atoms with Gasteiger partial charge in [0.15, 0.2) is 11.5 Å². The molecule has 0 radical (unpaired) electrons. The highest BCUT2D eigenvalue weighted by atomic mass is 16.5. The van der Waals surface area contributed by atoms with Gasteiger partial charge in [-0.1, -0.05) is 12.2 Å². The maximum absolute atomic E-state index is 13.2. The van der Waals surface area contributed by atoms with Crippen molar-refractivity contribution in [3.05, 3.63) is 35.9 Å². The van der Waals surface area contributed by atoms with Gasteiger partial charge in [0.1, 0.15) is 0 Å². The summed E-state index contributed by atoms with van der Waals surface area (Å²) >= 11 is 0. The summed E-state index contributed by atoms with van der Waals surface area (Å²) in [6, 6.07) is 6.13. The number of allylic oxidation sites excluding steroid dienone is 2. The van der Waals surface area contributed by atoms with Crippen LogP contribution in [-0.2, 0) is 9.53 Å². The fourth-order valence-corrected chi connectivity index (χ4v) is 4.47. The SMILES string of the molecule is CCOc1ccc(C2=NN(C3CCOCC3)C(=O)C3CC=CCC23)cc1OCC. The molecule has 29 heavy (non-hydrogen) atoms. The number of fused-ring (bicyclic) bond motifs is 1. The maximum atomic E-state index is 13.2. The number of hydrogen-bond donors (Lipinski definition) is 0. The van der Waals surface area contributed by atoms with Crippen LogP contribution in [0.3, 0.4) is 0 Å². The second-order valence-electron chi connectivity index (χ2n) is 7.69. The molecule has 1 saturated heterocycles. The molecule has 4 rings (SSSR count). The first-order chi connectivity index (χ1) is 14.2. The van der Waals surface area contributed by atoms with Gasteiger partial charge >= 0.3 is 0 Å². The lowest BCUT2D eigenvalue weighted by molar-refractivity contribution is -0.142. The zero-order chi connectivity index (χ0) is 20.2. The number of hydrazone groups is 1. The quantitative estimate of drug-likeness (QED) is 0.684. The first-order valence-corrected chi connectivity index (χ1v) is 10.8. The van der Waals surface area contributed by atoms with Crippen LogP contribution >= 0.6 is 0 Å². The standard InChI is InChI=1S/C23H30N2O4/c1-3-28-20-10-9-16(15-21(20)29-4-2)22-18-7-5-6-8-19(18)23(26)25(24-22)17-11-13-27-14-12-17/h5-6,9-10,15,17-19H,3-4,7-8,11-14H2,1-2H3. The highest BCUT2D eigenvalue weighted by molar-refractivity contribution is 6.07. The minimum atomic E-state index is -0.0440. The molecule has 1 fully saturated rings. The van der Waals surface area contributed by atoms with Crippen molar-refractivity contribution in [1.82, 2.24) is 5.01 Å². The van der Waals surface area contributed by atoms with Crippen LogP contribution in [0, 0.1) is 11.8 Å². The summed E-state index contributed by atoms with van der Waals surface area (Å²) in [6.45, 7) is 6.45.